The normalized spacial score (nSPS) is 12.9. The quantitative estimate of drug-likeness (QED) is 0.639. The van der Waals surface area contributed by atoms with E-state index in [1.165, 1.54) is 6.20 Å². The molecule has 14 heavy (non-hydrogen) atoms. The molecule has 5 nitrogen and oxygen atoms in total. The van der Waals surface area contributed by atoms with Crippen molar-refractivity contribution < 1.29 is 4.79 Å². The molecule has 4 N–H and O–H groups in total. The molecular formula is C9H16N4O. The molecule has 0 saturated heterocycles. The first-order valence-corrected chi connectivity index (χ1v) is 4.64. The lowest BCUT2D eigenvalue weighted by atomic mass is 10.1. The van der Waals surface area contributed by atoms with Gasteiger partial charge in [-0.3, -0.25) is 9.89 Å². The molecule has 1 atom stereocenters. The summed E-state index contributed by atoms with van der Waals surface area (Å²) in [5.41, 5.74) is 6.31. The molecule has 1 amide bonds. The second kappa shape index (κ2) is 4.76. The average molecular weight is 196 g/mol. The van der Waals surface area contributed by atoms with Crippen LogP contribution in [0.2, 0.25) is 0 Å². The lowest BCUT2D eigenvalue weighted by Gasteiger charge is -2.15. The molecule has 0 radical (unpaired) electrons. The Labute approximate surface area is 83.1 Å². The van der Waals surface area contributed by atoms with E-state index in [4.69, 9.17) is 5.73 Å². The molecule has 1 heterocycles. The number of nitrogens with one attached hydrogen (secondary N) is 2. The van der Waals surface area contributed by atoms with Gasteiger partial charge in [-0.2, -0.15) is 5.10 Å². The van der Waals surface area contributed by atoms with Gasteiger partial charge in [0.2, 0.25) is 0 Å². The summed E-state index contributed by atoms with van der Waals surface area (Å²) in [6.07, 6.45) is 3.03. The van der Waals surface area contributed by atoms with Crippen LogP contribution < -0.4 is 11.1 Å². The van der Waals surface area contributed by atoms with E-state index < -0.39 is 0 Å². The van der Waals surface area contributed by atoms with Crippen LogP contribution in [-0.4, -0.2) is 28.7 Å². The first-order chi connectivity index (χ1) is 6.61. The molecule has 0 fully saturated rings. The average Bonchev–Trinajstić information content (AvgIpc) is 2.66. The van der Waals surface area contributed by atoms with Crippen LogP contribution >= 0.6 is 0 Å². The van der Waals surface area contributed by atoms with E-state index >= 15 is 0 Å². The van der Waals surface area contributed by atoms with E-state index in [1.807, 2.05) is 13.8 Å². The first kappa shape index (κ1) is 10.7. The summed E-state index contributed by atoms with van der Waals surface area (Å²) in [4.78, 5) is 11.4. The predicted octanol–water partition coefficient (Wildman–Crippen LogP) is 0.123. The van der Waals surface area contributed by atoms with Gasteiger partial charge in [-0.05, 0) is 5.92 Å². The van der Waals surface area contributed by atoms with Crippen molar-refractivity contribution in [2.75, 3.05) is 6.54 Å². The highest BCUT2D eigenvalue weighted by Gasteiger charge is 2.10. The van der Waals surface area contributed by atoms with Gasteiger partial charge in [0, 0.05) is 18.8 Å². The second-order valence-corrected chi connectivity index (χ2v) is 3.60. The Kier molecular flexibility index (Phi) is 3.64. The number of nitrogens with zero attached hydrogens (tertiary/aromatic N) is 1. The third-order valence-corrected chi connectivity index (χ3v) is 2.12. The number of aromatic amines is 1. The van der Waals surface area contributed by atoms with Crippen molar-refractivity contribution in [3.05, 3.63) is 18.0 Å². The number of hydrogen-bond acceptors (Lipinski definition) is 3. The van der Waals surface area contributed by atoms with Crippen LogP contribution in [0.1, 0.15) is 24.2 Å². The van der Waals surface area contributed by atoms with Crippen LogP contribution in [0, 0.1) is 5.92 Å². The first-order valence-electron chi connectivity index (χ1n) is 4.64. The summed E-state index contributed by atoms with van der Waals surface area (Å²) in [7, 11) is 0. The maximum absolute atomic E-state index is 11.4. The zero-order chi connectivity index (χ0) is 10.6. The predicted molar refractivity (Wildman–Crippen MR) is 53.7 cm³/mol. The molecule has 1 unspecified atom stereocenters. The molecule has 0 bridgehead atoms. The Morgan fingerprint density at radius 3 is 2.93 bits per heavy atom. The molecule has 0 aliphatic heterocycles. The fourth-order valence-electron chi connectivity index (χ4n) is 0.923. The van der Waals surface area contributed by atoms with Gasteiger partial charge in [0.05, 0.1) is 11.8 Å². The highest BCUT2D eigenvalue weighted by Crippen LogP contribution is 1.97. The molecule has 5 heteroatoms. The van der Waals surface area contributed by atoms with Crippen LogP contribution in [0.25, 0.3) is 0 Å². The van der Waals surface area contributed by atoms with Gasteiger partial charge in [0.25, 0.3) is 5.91 Å². The van der Waals surface area contributed by atoms with Crippen LogP contribution in [-0.2, 0) is 0 Å². The third kappa shape index (κ3) is 2.85. The van der Waals surface area contributed by atoms with Gasteiger partial charge in [-0.1, -0.05) is 13.8 Å². The molecule has 1 aromatic rings. The summed E-state index contributed by atoms with van der Waals surface area (Å²) in [5, 5.41) is 9.01. The molecule has 78 valence electrons. The Morgan fingerprint density at radius 1 is 1.71 bits per heavy atom. The number of nitrogens with two attached hydrogens (primary N) is 1. The fourth-order valence-corrected chi connectivity index (χ4v) is 0.923. The summed E-state index contributed by atoms with van der Waals surface area (Å²) < 4.78 is 0. The number of aromatic nitrogens is 2. The topological polar surface area (TPSA) is 83.8 Å². The summed E-state index contributed by atoms with van der Waals surface area (Å²) in [6, 6.07) is -0.00847. The second-order valence-electron chi connectivity index (χ2n) is 3.60. The van der Waals surface area contributed by atoms with Crippen molar-refractivity contribution >= 4 is 5.91 Å². The minimum Gasteiger partial charge on any atom is -0.350 e. The van der Waals surface area contributed by atoms with Crippen LogP contribution in [0.4, 0.5) is 0 Å². The van der Waals surface area contributed by atoms with E-state index in [-0.39, 0.29) is 11.9 Å². The minimum absolute atomic E-state index is 0.00847. The van der Waals surface area contributed by atoms with Crippen molar-refractivity contribution in [1.82, 2.24) is 15.5 Å². The number of hydrogen-bond donors (Lipinski definition) is 3. The fraction of sp³-hybridized carbons (Fsp3) is 0.556. The molecule has 1 rings (SSSR count). The summed E-state index contributed by atoms with van der Waals surface area (Å²) in [6.45, 7) is 4.53. The highest BCUT2D eigenvalue weighted by atomic mass is 16.1. The Morgan fingerprint density at radius 2 is 2.43 bits per heavy atom. The van der Waals surface area contributed by atoms with Crippen LogP contribution in [0.5, 0.6) is 0 Å². The van der Waals surface area contributed by atoms with E-state index in [2.05, 4.69) is 15.5 Å². The van der Waals surface area contributed by atoms with Crippen molar-refractivity contribution in [3.8, 4) is 0 Å². The zero-order valence-corrected chi connectivity index (χ0v) is 8.45. The largest absolute Gasteiger partial charge is 0.350 e. The van der Waals surface area contributed by atoms with E-state index in [9.17, 15) is 4.79 Å². The van der Waals surface area contributed by atoms with Crippen molar-refractivity contribution in [1.29, 1.82) is 0 Å². The van der Waals surface area contributed by atoms with Crippen molar-refractivity contribution in [3.63, 3.8) is 0 Å². The van der Waals surface area contributed by atoms with Crippen molar-refractivity contribution in [2.45, 2.75) is 19.9 Å². The maximum atomic E-state index is 11.4. The van der Waals surface area contributed by atoms with Crippen LogP contribution in [0.3, 0.4) is 0 Å². The van der Waals surface area contributed by atoms with Gasteiger partial charge in [0.1, 0.15) is 0 Å². The summed E-state index contributed by atoms with van der Waals surface area (Å²) >= 11 is 0. The molecule has 0 spiro atoms. The monoisotopic (exact) mass is 196 g/mol. The number of carbonyl (C=O) groups is 1. The van der Waals surface area contributed by atoms with Gasteiger partial charge in [-0.25, -0.2) is 0 Å². The standard InChI is InChI=1S/C9H16N4O/c1-6(2)8(10)5-11-9(14)7-3-12-13-4-7/h3-4,6,8H,5,10H2,1-2H3,(H,11,14)(H,12,13). The lowest BCUT2D eigenvalue weighted by molar-refractivity contribution is 0.0949. The van der Waals surface area contributed by atoms with Gasteiger partial charge >= 0.3 is 0 Å². The number of rotatable bonds is 4. The van der Waals surface area contributed by atoms with Gasteiger partial charge in [0.15, 0.2) is 0 Å². The molecule has 0 saturated carbocycles. The third-order valence-electron chi connectivity index (χ3n) is 2.12. The molecular weight excluding hydrogens is 180 g/mol. The Bertz CT molecular complexity index is 281. The number of amides is 1. The molecule has 1 aromatic heterocycles. The van der Waals surface area contributed by atoms with Gasteiger partial charge in [-0.15, -0.1) is 0 Å². The number of H-pyrrole nitrogens is 1. The highest BCUT2D eigenvalue weighted by molar-refractivity contribution is 5.93. The molecule has 0 aliphatic rings. The Balaban J connectivity index is 2.36. The molecule has 0 aliphatic carbocycles. The lowest BCUT2D eigenvalue weighted by Crippen LogP contribution is -2.40. The Hall–Kier alpha value is -1.36. The maximum Gasteiger partial charge on any atom is 0.254 e. The smallest absolute Gasteiger partial charge is 0.254 e. The van der Waals surface area contributed by atoms with Gasteiger partial charge < -0.3 is 11.1 Å². The zero-order valence-electron chi connectivity index (χ0n) is 8.45. The van der Waals surface area contributed by atoms with E-state index in [0.29, 0.717) is 18.0 Å². The van der Waals surface area contributed by atoms with Crippen LogP contribution in [0.15, 0.2) is 12.4 Å². The molecule has 0 aromatic carbocycles. The minimum atomic E-state index is -0.144. The van der Waals surface area contributed by atoms with E-state index in [0.717, 1.165) is 0 Å². The van der Waals surface area contributed by atoms with Crippen molar-refractivity contribution in [2.24, 2.45) is 11.7 Å². The number of carbonyl (C=O) groups excluding carboxylic acids is 1. The van der Waals surface area contributed by atoms with E-state index in [1.54, 1.807) is 6.20 Å². The summed E-state index contributed by atoms with van der Waals surface area (Å²) in [5.74, 6) is 0.217. The SMILES string of the molecule is CC(C)C(N)CNC(=O)c1cn[nH]c1.